The van der Waals surface area contributed by atoms with Crippen LogP contribution in [0, 0.1) is 0 Å². The maximum Gasteiger partial charge on any atom is 0.267 e. The van der Waals surface area contributed by atoms with Crippen molar-refractivity contribution in [3.63, 3.8) is 0 Å². The fraction of sp³-hybridized carbons (Fsp3) is 0.520. The summed E-state index contributed by atoms with van der Waals surface area (Å²) < 4.78 is 2.13. The summed E-state index contributed by atoms with van der Waals surface area (Å²) in [6.45, 7) is 4.59. The number of aromatic nitrogens is 2. The normalized spacial score (nSPS) is 18.2. The molecule has 2 aliphatic rings. The molecule has 0 spiro atoms. The van der Waals surface area contributed by atoms with E-state index in [0.717, 1.165) is 38.8 Å². The van der Waals surface area contributed by atoms with Gasteiger partial charge in [-0.05, 0) is 43.9 Å². The average Bonchev–Trinajstić information content (AvgIpc) is 3.10. The molecule has 8 heteroatoms. The molecule has 0 saturated carbocycles. The van der Waals surface area contributed by atoms with Crippen molar-refractivity contribution < 1.29 is 4.79 Å². The van der Waals surface area contributed by atoms with E-state index in [2.05, 4.69) is 11.8 Å². The predicted octanol–water partition coefficient (Wildman–Crippen LogP) is 5.25. The molecule has 2 aliphatic heterocycles. The largest absolute Gasteiger partial charge is 0.356 e. The van der Waals surface area contributed by atoms with E-state index >= 15 is 0 Å². The molecule has 0 radical (unpaired) electrons. The molecule has 0 atom stereocenters. The van der Waals surface area contributed by atoms with Crippen LogP contribution in [0.25, 0.3) is 11.7 Å². The van der Waals surface area contributed by atoms with Gasteiger partial charge in [0, 0.05) is 25.8 Å². The van der Waals surface area contributed by atoms with Gasteiger partial charge >= 0.3 is 0 Å². The van der Waals surface area contributed by atoms with Crippen LogP contribution in [0.2, 0.25) is 0 Å². The summed E-state index contributed by atoms with van der Waals surface area (Å²) in [4.78, 5) is 35.8. The molecule has 0 bridgehead atoms. The third kappa shape index (κ3) is 5.49. The molecule has 2 aromatic rings. The number of anilines is 1. The SMILES string of the molecule is CCCCCCCCN1C(=O)C(=Cc2c(N3CCCCC3)nc3ccccn3c2=O)SC1=S. The number of hydrogen-bond donors (Lipinski definition) is 0. The molecule has 0 aliphatic carbocycles. The zero-order chi connectivity index (χ0) is 23.2. The molecule has 176 valence electrons. The molecule has 0 aromatic carbocycles. The van der Waals surface area contributed by atoms with E-state index in [-0.39, 0.29) is 11.5 Å². The van der Waals surface area contributed by atoms with Gasteiger partial charge in [0.15, 0.2) is 0 Å². The average molecular weight is 485 g/mol. The first kappa shape index (κ1) is 24.0. The summed E-state index contributed by atoms with van der Waals surface area (Å²) in [7, 11) is 0. The van der Waals surface area contributed by atoms with Gasteiger partial charge in [-0.1, -0.05) is 69.1 Å². The Morgan fingerprint density at radius 3 is 2.61 bits per heavy atom. The standard InChI is InChI=1S/C25H32N4O2S2/c1-2-3-4-5-6-11-17-29-24(31)20(33-25(29)32)18-19-22(27-14-9-7-10-15-27)26-21-13-8-12-16-28(21)23(19)30/h8,12-13,16,18H,2-7,9-11,14-15,17H2,1H3. The predicted molar refractivity (Wildman–Crippen MR) is 141 cm³/mol. The number of rotatable bonds is 9. The van der Waals surface area contributed by atoms with Crippen molar-refractivity contribution in [3.8, 4) is 0 Å². The van der Waals surface area contributed by atoms with Crippen LogP contribution in [0.1, 0.15) is 70.3 Å². The first-order valence-corrected chi connectivity index (χ1v) is 13.3. The molecular weight excluding hydrogens is 452 g/mol. The van der Waals surface area contributed by atoms with Crippen LogP contribution < -0.4 is 10.5 Å². The van der Waals surface area contributed by atoms with Crippen LogP contribution in [0.3, 0.4) is 0 Å². The van der Waals surface area contributed by atoms with Crippen molar-refractivity contribution in [2.75, 3.05) is 24.5 Å². The van der Waals surface area contributed by atoms with Crippen molar-refractivity contribution in [3.05, 3.63) is 45.2 Å². The number of carbonyl (C=O) groups excluding carboxylic acids is 1. The van der Waals surface area contributed by atoms with Crippen molar-refractivity contribution >= 4 is 51.7 Å². The van der Waals surface area contributed by atoms with Gasteiger partial charge in [0.1, 0.15) is 15.8 Å². The summed E-state index contributed by atoms with van der Waals surface area (Å²) in [6.07, 6.45) is 13.8. The van der Waals surface area contributed by atoms with Gasteiger partial charge in [-0.2, -0.15) is 0 Å². The molecule has 6 nitrogen and oxygen atoms in total. The number of pyridine rings is 1. The fourth-order valence-electron chi connectivity index (χ4n) is 4.44. The van der Waals surface area contributed by atoms with E-state index in [1.807, 2.05) is 18.2 Å². The number of amides is 1. The van der Waals surface area contributed by atoms with E-state index in [1.54, 1.807) is 21.6 Å². The number of nitrogens with zero attached hydrogens (tertiary/aromatic N) is 4. The monoisotopic (exact) mass is 484 g/mol. The first-order valence-electron chi connectivity index (χ1n) is 12.1. The van der Waals surface area contributed by atoms with Crippen LogP contribution in [-0.4, -0.2) is 44.1 Å². The lowest BCUT2D eigenvalue weighted by Crippen LogP contribution is -2.33. The van der Waals surface area contributed by atoms with Crippen molar-refractivity contribution in [2.24, 2.45) is 0 Å². The molecule has 2 fully saturated rings. The van der Waals surface area contributed by atoms with E-state index in [9.17, 15) is 9.59 Å². The number of unbranched alkanes of at least 4 members (excludes halogenated alkanes) is 5. The minimum absolute atomic E-state index is 0.0966. The molecule has 33 heavy (non-hydrogen) atoms. The minimum atomic E-state index is -0.151. The fourth-order valence-corrected chi connectivity index (χ4v) is 5.73. The number of piperidine rings is 1. The summed E-state index contributed by atoms with van der Waals surface area (Å²) in [5.41, 5.74) is 0.943. The summed E-state index contributed by atoms with van der Waals surface area (Å²) in [5, 5.41) is 0. The molecule has 4 rings (SSSR count). The molecule has 1 amide bonds. The smallest absolute Gasteiger partial charge is 0.267 e. The Balaban J connectivity index is 1.60. The maximum atomic E-state index is 13.4. The molecule has 0 unspecified atom stereocenters. The first-order chi connectivity index (χ1) is 16.1. The van der Waals surface area contributed by atoms with E-state index in [1.165, 1.54) is 43.9 Å². The Morgan fingerprint density at radius 2 is 1.82 bits per heavy atom. The number of carbonyl (C=O) groups is 1. The van der Waals surface area contributed by atoms with Gasteiger partial charge in [0.25, 0.3) is 11.5 Å². The van der Waals surface area contributed by atoms with Gasteiger partial charge in [-0.3, -0.25) is 18.9 Å². The quantitative estimate of drug-likeness (QED) is 0.275. The van der Waals surface area contributed by atoms with Crippen LogP contribution in [0.5, 0.6) is 0 Å². The molecule has 0 N–H and O–H groups in total. The highest BCUT2D eigenvalue weighted by Gasteiger charge is 2.32. The zero-order valence-corrected chi connectivity index (χ0v) is 20.9. The summed E-state index contributed by atoms with van der Waals surface area (Å²) in [5.74, 6) is 0.577. The van der Waals surface area contributed by atoms with Gasteiger partial charge in [-0.25, -0.2) is 4.98 Å². The zero-order valence-electron chi connectivity index (χ0n) is 19.3. The highest BCUT2D eigenvalue weighted by atomic mass is 32.2. The highest BCUT2D eigenvalue weighted by molar-refractivity contribution is 8.26. The van der Waals surface area contributed by atoms with Crippen LogP contribution in [0.15, 0.2) is 34.1 Å². The van der Waals surface area contributed by atoms with Crippen molar-refractivity contribution in [1.82, 2.24) is 14.3 Å². The van der Waals surface area contributed by atoms with Crippen molar-refractivity contribution in [1.29, 1.82) is 0 Å². The summed E-state index contributed by atoms with van der Waals surface area (Å²) in [6, 6.07) is 5.55. The number of thioether (sulfide) groups is 1. The van der Waals surface area contributed by atoms with Crippen molar-refractivity contribution in [2.45, 2.75) is 64.7 Å². The topological polar surface area (TPSA) is 57.9 Å². The lowest BCUT2D eigenvalue weighted by atomic mass is 10.1. The molecule has 4 heterocycles. The third-order valence-corrected chi connectivity index (χ3v) is 7.67. The lowest BCUT2D eigenvalue weighted by Gasteiger charge is -2.29. The molecule has 2 aromatic heterocycles. The van der Waals surface area contributed by atoms with Gasteiger partial charge < -0.3 is 4.90 Å². The van der Waals surface area contributed by atoms with Gasteiger partial charge in [0.2, 0.25) is 0 Å². The highest BCUT2D eigenvalue weighted by Crippen LogP contribution is 2.34. The Morgan fingerprint density at radius 1 is 1.06 bits per heavy atom. The van der Waals surface area contributed by atoms with Crippen LogP contribution >= 0.6 is 24.0 Å². The van der Waals surface area contributed by atoms with Gasteiger partial charge in [-0.15, -0.1) is 0 Å². The maximum absolute atomic E-state index is 13.4. The Labute approximate surface area is 205 Å². The number of thiocarbonyl (C=S) groups is 1. The molecular formula is C25H32N4O2S2. The van der Waals surface area contributed by atoms with Gasteiger partial charge in [0.05, 0.1) is 10.5 Å². The van der Waals surface area contributed by atoms with E-state index < -0.39 is 0 Å². The summed E-state index contributed by atoms with van der Waals surface area (Å²) >= 11 is 6.81. The number of hydrogen-bond acceptors (Lipinski definition) is 6. The lowest BCUT2D eigenvalue weighted by molar-refractivity contribution is -0.122. The Hall–Kier alpha value is -2.19. The second kappa shape index (κ2) is 11.3. The van der Waals surface area contributed by atoms with E-state index in [4.69, 9.17) is 17.2 Å². The Kier molecular flexibility index (Phi) is 8.20. The van der Waals surface area contributed by atoms with E-state index in [0.29, 0.717) is 32.8 Å². The van der Waals surface area contributed by atoms with Crippen LogP contribution in [-0.2, 0) is 4.79 Å². The third-order valence-electron chi connectivity index (χ3n) is 6.29. The number of fused-ring (bicyclic) bond motifs is 1. The second-order valence-corrected chi connectivity index (χ2v) is 10.4. The second-order valence-electron chi connectivity index (χ2n) is 8.73. The molecule has 2 saturated heterocycles. The van der Waals surface area contributed by atoms with Crippen LogP contribution in [0.4, 0.5) is 5.82 Å². The minimum Gasteiger partial charge on any atom is -0.356 e. The Bertz CT molecular complexity index is 1110.